The molecule has 0 atom stereocenters. The molecule has 2 rings (SSSR count). The highest BCUT2D eigenvalue weighted by Gasteiger charge is 2.10. The molecule has 7 nitrogen and oxygen atoms in total. The number of hydrogen-bond donors (Lipinski definition) is 2. The highest BCUT2D eigenvalue weighted by molar-refractivity contribution is 5.79. The van der Waals surface area contributed by atoms with Crippen molar-refractivity contribution in [1.29, 1.82) is 0 Å². The number of guanidine groups is 1. The van der Waals surface area contributed by atoms with Crippen LogP contribution in [0.4, 0.5) is 0 Å². The molecule has 0 fully saturated rings. The van der Waals surface area contributed by atoms with Gasteiger partial charge in [-0.25, -0.2) is 0 Å². The predicted molar refractivity (Wildman–Crippen MR) is 109 cm³/mol. The Kier molecular flexibility index (Phi) is 7.52. The van der Waals surface area contributed by atoms with Crippen LogP contribution in [0.5, 0.6) is 11.5 Å². The zero-order valence-electron chi connectivity index (χ0n) is 17.2. The van der Waals surface area contributed by atoms with Gasteiger partial charge in [0.1, 0.15) is 0 Å². The molecule has 1 aromatic carbocycles. The van der Waals surface area contributed by atoms with E-state index in [1.54, 1.807) is 14.2 Å². The fourth-order valence-corrected chi connectivity index (χ4v) is 2.81. The standard InChI is InChI=1S/C20H31N5O2/c1-7-10-27-18-9-8-16(11-19(18)26-6)12-22-20(21-4)23-13-17-14(2)24-25(5)15(17)3/h8-9,11H,7,10,12-13H2,1-6H3,(H2,21,22,23). The third-order valence-electron chi connectivity index (χ3n) is 4.46. The monoisotopic (exact) mass is 373 g/mol. The Morgan fingerprint density at radius 3 is 2.52 bits per heavy atom. The number of hydrogen-bond acceptors (Lipinski definition) is 4. The van der Waals surface area contributed by atoms with E-state index in [2.05, 4.69) is 34.6 Å². The lowest BCUT2D eigenvalue weighted by Crippen LogP contribution is -2.36. The summed E-state index contributed by atoms with van der Waals surface area (Å²) in [4.78, 5) is 4.30. The molecule has 2 aromatic rings. The van der Waals surface area contributed by atoms with E-state index in [0.29, 0.717) is 19.7 Å². The van der Waals surface area contributed by atoms with Crippen molar-refractivity contribution in [2.75, 3.05) is 20.8 Å². The topological polar surface area (TPSA) is 72.7 Å². The summed E-state index contributed by atoms with van der Waals surface area (Å²) >= 11 is 0. The Morgan fingerprint density at radius 1 is 1.19 bits per heavy atom. The first-order chi connectivity index (χ1) is 13.0. The predicted octanol–water partition coefficient (Wildman–Crippen LogP) is 2.70. The van der Waals surface area contributed by atoms with Crippen molar-refractivity contribution in [1.82, 2.24) is 20.4 Å². The molecular formula is C20H31N5O2. The van der Waals surface area contributed by atoms with Gasteiger partial charge in [-0.1, -0.05) is 13.0 Å². The highest BCUT2D eigenvalue weighted by atomic mass is 16.5. The van der Waals surface area contributed by atoms with Gasteiger partial charge in [0, 0.05) is 38.4 Å². The Morgan fingerprint density at radius 2 is 1.93 bits per heavy atom. The van der Waals surface area contributed by atoms with Crippen LogP contribution >= 0.6 is 0 Å². The van der Waals surface area contributed by atoms with Gasteiger partial charge in [-0.15, -0.1) is 0 Å². The number of methoxy groups -OCH3 is 1. The molecule has 27 heavy (non-hydrogen) atoms. The minimum atomic E-state index is 0.634. The number of nitrogens with zero attached hydrogens (tertiary/aromatic N) is 3. The fraction of sp³-hybridized carbons (Fsp3) is 0.500. The summed E-state index contributed by atoms with van der Waals surface area (Å²) in [5.74, 6) is 2.25. The number of benzene rings is 1. The fourth-order valence-electron chi connectivity index (χ4n) is 2.81. The summed E-state index contributed by atoms with van der Waals surface area (Å²) in [5.41, 5.74) is 4.47. The van der Waals surface area contributed by atoms with E-state index in [0.717, 1.165) is 40.8 Å². The van der Waals surface area contributed by atoms with E-state index in [1.807, 2.05) is 36.9 Å². The summed E-state index contributed by atoms with van der Waals surface area (Å²) < 4.78 is 13.0. The number of rotatable bonds is 8. The molecule has 0 saturated carbocycles. The maximum atomic E-state index is 5.70. The smallest absolute Gasteiger partial charge is 0.191 e. The van der Waals surface area contributed by atoms with E-state index in [1.165, 1.54) is 5.56 Å². The Labute approximate surface area is 161 Å². The van der Waals surface area contributed by atoms with E-state index in [-0.39, 0.29) is 0 Å². The Hall–Kier alpha value is -2.70. The van der Waals surface area contributed by atoms with Crippen molar-refractivity contribution < 1.29 is 9.47 Å². The highest BCUT2D eigenvalue weighted by Crippen LogP contribution is 2.28. The molecule has 1 heterocycles. The molecule has 0 aliphatic carbocycles. The van der Waals surface area contributed by atoms with Gasteiger partial charge >= 0.3 is 0 Å². The van der Waals surface area contributed by atoms with E-state index >= 15 is 0 Å². The lowest BCUT2D eigenvalue weighted by atomic mass is 10.2. The van der Waals surface area contributed by atoms with Gasteiger partial charge in [0.25, 0.3) is 0 Å². The number of aliphatic imine (C=N–C) groups is 1. The number of aromatic nitrogens is 2. The molecule has 0 unspecified atom stereocenters. The van der Waals surface area contributed by atoms with Gasteiger partial charge in [0.2, 0.25) is 0 Å². The third kappa shape index (κ3) is 5.39. The van der Waals surface area contributed by atoms with Crippen LogP contribution < -0.4 is 20.1 Å². The average Bonchev–Trinajstić information content (AvgIpc) is 2.92. The molecule has 0 bridgehead atoms. The van der Waals surface area contributed by atoms with E-state index in [9.17, 15) is 0 Å². The summed E-state index contributed by atoms with van der Waals surface area (Å²) in [6.07, 6.45) is 0.963. The van der Waals surface area contributed by atoms with Gasteiger partial charge in [0.05, 0.1) is 19.4 Å². The lowest BCUT2D eigenvalue weighted by Gasteiger charge is -2.14. The average molecular weight is 374 g/mol. The number of nitrogens with one attached hydrogen (secondary N) is 2. The van der Waals surface area contributed by atoms with Gasteiger partial charge in [-0.3, -0.25) is 9.67 Å². The minimum absolute atomic E-state index is 0.634. The van der Waals surface area contributed by atoms with E-state index in [4.69, 9.17) is 9.47 Å². The van der Waals surface area contributed by atoms with Crippen molar-refractivity contribution >= 4 is 5.96 Å². The van der Waals surface area contributed by atoms with Crippen LogP contribution in [-0.2, 0) is 20.1 Å². The second kappa shape index (κ2) is 9.85. The summed E-state index contributed by atoms with van der Waals surface area (Å²) in [6.45, 7) is 8.17. The van der Waals surface area contributed by atoms with Crippen LogP contribution in [0, 0.1) is 13.8 Å². The van der Waals surface area contributed by atoms with Crippen molar-refractivity contribution in [2.45, 2.75) is 40.3 Å². The van der Waals surface area contributed by atoms with Crippen molar-refractivity contribution in [3.05, 3.63) is 40.7 Å². The third-order valence-corrected chi connectivity index (χ3v) is 4.46. The quantitative estimate of drug-likeness (QED) is 0.550. The first-order valence-corrected chi connectivity index (χ1v) is 9.23. The van der Waals surface area contributed by atoms with Crippen LogP contribution in [0.25, 0.3) is 0 Å². The van der Waals surface area contributed by atoms with E-state index < -0.39 is 0 Å². The van der Waals surface area contributed by atoms with Gasteiger partial charge in [-0.2, -0.15) is 5.10 Å². The summed E-state index contributed by atoms with van der Waals surface area (Å²) in [5, 5.41) is 11.1. The first kappa shape index (κ1) is 20.6. The Bertz CT molecular complexity index is 783. The minimum Gasteiger partial charge on any atom is -0.493 e. The normalized spacial score (nSPS) is 11.4. The SMILES string of the molecule is CCCOc1ccc(CNC(=NC)NCc2c(C)nn(C)c2C)cc1OC. The van der Waals surface area contributed by atoms with Crippen LogP contribution in [-0.4, -0.2) is 36.5 Å². The molecule has 2 N–H and O–H groups in total. The van der Waals surface area contributed by atoms with Crippen LogP contribution in [0.3, 0.4) is 0 Å². The number of aryl methyl sites for hydroxylation is 2. The lowest BCUT2D eigenvalue weighted by molar-refractivity contribution is 0.294. The Balaban J connectivity index is 1.95. The zero-order valence-corrected chi connectivity index (χ0v) is 17.2. The van der Waals surface area contributed by atoms with Crippen molar-refractivity contribution in [3.63, 3.8) is 0 Å². The second-order valence-electron chi connectivity index (χ2n) is 6.39. The molecule has 1 aromatic heterocycles. The molecular weight excluding hydrogens is 342 g/mol. The molecule has 0 amide bonds. The molecule has 0 radical (unpaired) electrons. The molecule has 148 valence electrons. The summed E-state index contributed by atoms with van der Waals surface area (Å²) in [7, 11) is 5.38. The molecule has 7 heteroatoms. The van der Waals surface area contributed by atoms with Gasteiger partial charge in [0.15, 0.2) is 17.5 Å². The number of ether oxygens (including phenoxy) is 2. The van der Waals surface area contributed by atoms with Gasteiger partial charge < -0.3 is 20.1 Å². The van der Waals surface area contributed by atoms with Crippen LogP contribution in [0.1, 0.15) is 35.9 Å². The molecule has 0 aliphatic heterocycles. The summed E-state index contributed by atoms with van der Waals surface area (Å²) in [6, 6.07) is 5.97. The molecule has 0 saturated heterocycles. The van der Waals surface area contributed by atoms with Gasteiger partial charge in [-0.05, 0) is 38.0 Å². The molecule has 0 spiro atoms. The second-order valence-corrected chi connectivity index (χ2v) is 6.39. The van der Waals surface area contributed by atoms with Crippen LogP contribution in [0.15, 0.2) is 23.2 Å². The van der Waals surface area contributed by atoms with Crippen molar-refractivity contribution in [2.24, 2.45) is 12.0 Å². The first-order valence-electron chi connectivity index (χ1n) is 9.23. The largest absolute Gasteiger partial charge is 0.493 e. The van der Waals surface area contributed by atoms with Crippen LogP contribution in [0.2, 0.25) is 0 Å². The maximum Gasteiger partial charge on any atom is 0.191 e. The maximum absolute atomic E-state index is 5.70. The zero-order chi connectivity index (χ0) is 19.8. The molecule has 0 aliphatic rings. The van der Waals surface area contributed by atoms with Crippen molar-refractivity contribution in [3.8, 4) is 11.5 Å².